The quantitative estimate of drug-likeness (QED) is 0.252. The summed E-state index contributed by atoms with van der Waals surface area (Å²) in [6.45, 7) is 6.56. The molecule has 1 aromatic carbocycles. The van der Waals surface area contributed by atoms with E-state index in [1.54, 1.807) is 0 Å². The number of para-hydroxylation sites is 1. The number of nitriles is 1. The van der Waals surface area contributed by atoms with E-state index in [0.29, 0.717) is 17.9 Å². The zero-order valence-corrected chi connectivity index (χ0v) is 16.8. The van der Waals surface area contributed by atoms with E-state index in [-0.39, 0.29) is 18.8 Å². The Balaban J connectivity index is 2.00. The van der Waals surface area contributed by atoms with Crippen LogP contribution in [0.3, 0.4) is 0 Å². The Morgan fingerprint density at radius 3 is 2.61 bits per heavy atom. The average molecular weight is 401 g/mol. The van der Waals surface area contributed by atoms with Gasteiger partial charge in [0.25, 0.3) is 0 Å². The molecule has 0 spiro atoms. The number of ether oxygens (including phenoxy) is 2. The van der Waals surface area contributed by atoms with Crippen LogP contribution in [0.2, 0.25) is 0 Å². The third-order valence-electron chi connectivity index (χ3n) is 4.06. The fourth-order valence-electron chi connectivity index (χ4n) is 2.61. The summed E-state index contributed by atoms with van der Waals surface area (Å²) in [5.41, 5.74) is 1.04. The molecule has 0 amide bonds. The second-order valence-corrected chi connectivity index (χ2v) is 7.11. The number of rotatable bonds is 10. The smallest absolute Gasteiger partial charge is 0.351 e. The first kappa shape index (κ1) is 21.6. The van der Waals surface area contributed by atoms with Crippen molar-refractivity contribution in [3.8, 4) is 6.07 Å². The van der Waals surface area contributed by atoms with Crippen molar-refractivity contribution < 1.29 is 19.1 Å². The minimum Gasteiger partial charge on any atom is -0.463 e. The van der Waals surface area contributed by atoms with Crippen LogP contribution in [-0.4, -0.2) is 31.7 Å². The number of hydrogen-bond acceptors (Lipinski definition) is 7. The van der Waals surface area contributed by atoms with Gasteiger partial charge in [0, 0.05) is 17.5 Å². The number of hydrogen-bond donors (Lipinski definition) is 0. The van der Waals surface area contributed by atoms with Crippen molar-refractivity contribution in [2.75, 3.05) is 24.7 Å². The van der Waals surface area contributed by atoms with Gasteiger partial charge in [0.15, 0.2) is 5.57 Å². The predicted molar refractivity (Wildman–Crippen MR) is 109 cm³/mol. The van der Waals surface area contributed by atoms with Gasteiger partial charge in [-0.1, -0.05) is 43.8 Å². The summed E-state index contributed by atoms with van der Waals surface area (Å²) in [6, 6.07) is 9.89. The highest BCUT2D eigenvalue weighted by atomic mass is 32.2. The van der Waals surface area contributed by atoms with Crippen molar-refractivity contribution in [3.05, 3.63) is 47.5 Å². The van der Waals surface area contributed by atoms with Crippen molar-refractivity contribution in [1.82, 2.24) is 0 Å². The van der Waals surface area contributed by atoms with Crippen LogP contribution >= 0.6 is 11.8 Å². The highest BCUT2D eigenvalue weighted by Crippen LogP contribution is 2.47. The van der Waals surface area contributed by atoms with E-state index >= 15 is 0 Å². The lowest BCUT2D eigenvalue weighted by Gasteiger charge is -2.20. The minimum atomic E-state index is -0.623. The number of nitrogens with zero attached hydrogens (tertiary/aromatic N) is 2. The number of carbonyl (C=O) groups is 2. The van der Waals surface area contributed by atoms with Crippen LogP contribution in [0, 0.1) is 11.3 Å². The summed E-state index contributed by atoms with van der Waals surface area (Å²) in [7, 11) is 0. The second kappa shape index (κ2) is 11.2. The fraction of sp³-hybridized carbons (Fsp3) is 0.381. The van der Waals surface area contributed by atoms with Crippen LogP contribution < -0.4 is 4.90 Å². The SMILES string of the molecule is C=CC(=O)OCCCCOC(=O)C(C#N)=C1Sc2ccccc2N1CCCC. The Morgan fingerprint density at radius 1 is 1.21 bits per heavy atom. The zero-order valence-electron chi connectivity index (χ0n) is 16.0. The van der Waals surface area contributed by atoms with Crippen molar-refractivity contribution in [1.29, 1.82) is 5.26 Å². The number of thioether (sulfide) groups is 1. The molecule has 1 heterocycles. The molecule has 28 heavy (non-hydrogen) atoms. The summed E-state index contributed by atoms with van der Waals surface area (Å²) in [6.07, 6.45) is 4.17. The van der Waals surface area contributed by atoms with Gasteiger partial charge in [0.05, 0.1) is 18.9 Å². The highest BCUT2D eigenvalue weighted by molar-refractivity contribution is 8.03. The first-order chi connectivity index (χ1) is 13.6. The van der Waals surface area contributed by atoms with Crippen LogP contribution in [0.15, 0.2) is 52.4 Å². The van der Waals surface area contributed by atoms with Crippen molar-refractivity contribution >= 4 is 29.4 Å². The summed E-state index contributed by atoms with van der Waals surface area (Å²) in [5.74, 6) is -1.10. The Hall–Kier alpha value is -2.72. The Labute approximate surface area is 169 Å². The maximum atomic E-state index is 12.5. The maximum Gasteiger partial charge on any atom is 0.351 e. The molecule has 0 fully saturated rings. The molecular formula is C21H24N2O4S. The number of anilines is 1. The molecule has 0 aliphatic carbocycles. The molecule has 0 aromatic heterocycles. The molecule has 0 bridgehead atoms. The molecular weight excluding hydrogens is 376 g/mol. The van der Waals surface area contributed by atoms with E-state index in [9.17, 15) is 14.9 Å². The van der Waals surface area contributed by atoms with E-state index < -0.39 is 11.9 Å². The molecule has 148 valence electrons. The zero-order chi connectivity index (χ0) is 20.4. The van der Waals surface area contributed by atoms with Gasteiger partial charge in [-0.2, -0.15) is 5.26 Å². The van der Waals surface area contributed by atoms with Crippen LogP contribution in [0.5, 0.6) is 0 Å². The maximum absolute atomic E-state index is 12.5. The van der Waals surface area contributed by atoms with Gasteiger partial charge in [-0.25, -0.2) is 9.59 Å². The number of esters is 2. The third-order valence-corrected chi connectivity index (χ3v) is 5.24. The lowest BCUT2D eigenvalue weighted by atomic mass is 10.2. The van der Waals surface area contributed by atoms with Crippen LogP contribution in [0.25, 0.3) is 0 Å². The predicted octanol–water partition coefficient (Wildman–Crippen LogP) is 4.19. The lowest BCUT2D eigenvalue weighted by molar-refractivity contribution is -0.140. The normalized spacial score (nSPS) is 14.1. The first-order valence-corrected chi connectivity index (χ1v) is 10.1. The molecule has 7 heteroatoms. The number of carbonyl (C=O) groups excluding carboxylic acids is 2. The van der Waals surface area contributed by atoms with Crippen molar-refractivity contribution in [2.45, 2.75) is 37.5 Å². The van der Waals surface area contributed by atoms with Crippen LogP contribution in [0.4, 0.5) is 5.69 Å². The van der Waals surface area contributed by atoms with Gasteiger partial charge >= 0.3 is 11.9 Å². The summed E-state index contributed by atoms with van der Waals surface area (Å²) in [4.78, 5) is 26.5. The average Bonchev–Trinajstić information content (AvgIpc) is 3.07. The molecule has 1 aliphatic heterocycles. The topological polar surface area (TPSA) is 79.6 Å². The molecule has 0 N–H and O–H groups in total. The van der Waals surface area contributed by atoms with E-state index in [0.717, 1.165) is 36.0 Å². The van der Waals surface area contributed by atoms with E-state index in [1.165, 1.54) is 11.8 Å². The summed E-state index contributed by atoms with van der Waals surface area (Å²) < 4.78 is 10.1. The second-order valence-electron chi connectivity index (χ2n) is 6.08. The van der Waals surface area contributed by atoms with Crippen LogP contribution in [0.1, 0.15) is 32.6 Å². The van der Waals surface area contributed by atoms with Gasteiger partial charge < -0.3 is 14.4 Å². The van der Waals surface area contributed by atoms with Gasteiger partial charge in [-0.3, -0.25) is 0 Å². The Morgan fingerprint density at radius 2 is 1.93 bits per heavy atom. The molecule has 1 aromatic rings. The lowest BCUT2D eigenvalue weighted by Crippen LogP contribution is -2.22. The van der Waals surface area contributed by atoms with Gasteiger partial charge in [0.2, 0.25) is 0 Å². The molecule has 1 aliphatic rings. The highest BCUT2D eigenvalue weighted by Gasteiger charge is 2.30. The van der Waals surface area contributed by atoms with Crippen molar-refractivity contribution in [2.24, 2.45) is 0 Å². The fourth-order valence-corrected chi connectivity index (χ4v) is 3.78. The minimum absolute atomic E-state index is 0.0235. The first-order valence-electron chi connectivity index (χ1n) is 9.27. The molecule has 0 saturated heterocycles. The van der Waals surface area contributed by atoms with E-state index in [2.05, 4.69) is 13.5 Å². The molecule has 0 radical (unpaired) electrons. The van der Waals surface area contributed by atoms with Crippen molar-refractivity contribution in [3.63, 3.8) is 0 Å². The number of unbranched alkanes of at least 4 members (excludes halogenated alkanes) is 2. The molecule has 0 atom stereocenters. The standard InChI is InChI=1S/C21H24N2O4S/c1-3-5-12-23-17-10-6-7-11-18(17)28-20(23)16(15-22)21(25)27-14-9-8-13-26-19(24)4-2/h4,6-7,10-11H,2-3,5,8-9,12-14H2,1H3. The molecule has 6 nitrogen and oxygen atoms in total. The Kier molecular flexibility index (Phi) is 8.63. The van der Waals surface area contributed by atoms with E-state index in [4.69, 9.17) is 9.47 Å². The van der Waals surface area contributed by atoms with Gasteiger partial charge in [-0.05, 0) is 31.4 Å². The van der Waals surface area contributed by atoms with Crippen LogP contribution in [-0.2, 0) is 19.1 Å². The third kappa shape index (κ3) is 5.64. The van der Waals surface area contributed by atoms with Gasteiger partial charge in [0.1, 0.15) is 11.1 Å². The monoisotopic (exact) mass is 400 g/mol. The Bertz CT molecular complexity index is 798. The molecule has 0 saturated carbocycles. The van der Waals surface area contributed by atoms with Gasteiger partial charge in [-0.15, -0.1) is 0 Å². The molecule has 0 unspecified atom stereocenters. The summed E-state index contributed by atoms with van der Waals surface area (Å²) >= 11 is 1.42. The van der Waals surface area contributed by atoms with E-state index in [1.807, 2.05) is 35.2 Å². The largest absolute Gasteiger partial charge is 0.463 e. The molecule has 2 rings (SSSR count). The number of benzene rings is 1. The summed E-state index contributed by atoms with van der Waals surface area (Å²) in [5, 5.41) is 10.2. The number of fused-ring (bicyclic) bond motifs is 1.